The van der Waals surface area contributed by atoms with Crippen LogP contribution < -0.4 is 0 Å². The van der Waals surface area contributed by atoms with Gasteiger partial charge in [-0.1, -0.05) is 6.07 Å². The lowest BCUT2D eigenvalue weighted by molar-refractivity contribution is 0.0163. The molecule has 1 atom stereocenters. The van der Waals surface area contributed by atoms with E-state index < -0.39 is 15.6 Å². The third-order valence-corrected chi connectivity index (χ3v) is 6.97. The molecule has 2 heterocycles. The second kappa shape index (κ2) is 6.78. The van der Waals surface area contributed by atoms with Crippen molar-refractivity contribution in [1.29, 1.82) is 0 Å². The summed E-state index contributed by atoms with van der Waals surface area (Å²) >= 11 is 1.20. The molecule has 2 rings (SSSR count). The molecule has 0 aliphatic carbocycles. The highest BCUT2D eigenvalue weighted by Gasteiger charge is 2.34. The van der Waals surface area contributed by atoms with E-state index in [2.05, 4.69) is 0 Å². The van der Waals surface area contributed by atoms with Crippen molar-refractivity contribution in [1.82, 2.24) is 9.21 Å². The first-order valence-electron chi connectivity index (χ1n) is 7.61. The van der Waals surface area contributed by atoms with Crippen molar-refractivity contribution in [2.24, 2.45) is 0 Å². The van der Waals surface area contributed by atoms with Gasteiger partial charge in [0.05, 0.1) is 0 Å². The van der Waals surface area contributed by atoms with E-state index in [0.29, 0.717) is 17.3 Å². The molecule has 1 aliphatic rings. The number of hydrogen-bond donors (Lipinski definition) is 0. The minimum absolute atomic E-state index is 0.233. The van der Waals surface area contributed by atoms with Crippen LogP contribution in [-0.4, -0.2) is 55.5 Å². The molecule has 0 spiro atoms. The first-order valence-corrected chi connectivity index (χ1v) is 9.93. The molecular weight excluding hydrogens is 336 g/mol. The first-order chi connectivity index (χ1) is 10.6. The molecule has 1 fully saturated rings. The molecular formula is C15H24N2O4S2. The maximum absolute atomic E-state index is 12.6. The number of thiophene rings is 1. The number of amides is 1. The van der Waals surface area contributed by atoms with Crippen LogP contribution in [-0.2, 0) is 14.8 Å². The van der Waals surface area contributed by atoms with Crippen LogP contribution in [0.2, 0.25) is 0 Å². The predicted octanol–water partition coefficient (Wildman–Crippen LogP) is 2.77. The Hall–Kier alpha value is -1.12. The number of nitrogens with zero attached hydrogens (tertiary/aromatic N) is 2. The highest BCUT2D eigenvalue weighted by Crippen LogP contribution is 2.25. The predicted molar refractivity (Wildman–Crippen MR) is 90.1 cm³/mol. The van der Waals surface area contributed by atoms with Crippen molar-refractivity contribution in [2.45, 2.75) is 49.5 Å². The van der Waals surface area contributed by atoms with Crippen molar-refractivity contribution in [3.8, 4) is 0 Å². The molecule has 0 unspecified atom stereocenters. The number of rotatable bonds is 3. The zero-order chi connectivity index (χ0) is 17.3. The molecule has 1 aliphatic heterocycles. The minimum Gasteiger partial charge on any atom is -0.444 e. The number of likely N-dealkylation sites (N-methyl/N-ethyl adjacent to an activating group) is 1. The summed E-state index contributed by atoms with van der Waals surface area (Å²) in [6, 6.07) is 3.09. The molecule has 1 aromatic rings. The van der Waals surface area contributed by atoms with Crippen LogP contribution in [0.15, 0.2) is 21.7 Å². The molecule has 0 radical (unpaired) electrons. The molecule has 130 valence electrons. The summed E-state index contributed by atoms with van der Waals surface area (Å²) in [5.41, 5.74) is -0.557. The Morgan fingerprint density at radius 2 is 2.13 bits per heavy atom. The van der Waals surface area contributed by atoms with Gasteiger partial charge in [0.15, 0.2) is 0 Å². The number of piperidine rings is 1. The molecule has 0 bridgehead atoms. The summed E-state index contributed by atoms with van der Waals surface area (Å²) in [6.07, 6.45) is 1.11. The van der Waals surface area contributed by atoms with Gasteiger partial charge in [0.1, 0.15) is 9.81 Å². The van der Waals surface area contributed by atoms with Crippen LogP contribution in [0.3, 0.4) is 0 Å². The second-order valence-corrected chi connectivity index (χ2v) is 9.85. The van der Waals surface area contributed by atoms with E-state index in [1.54, 1.807) is 29.5 Å². The number of ether oxygens (including phenoxy) is 1. The SMILES string of the molecule is CN([C@@H]1CCCN(C(=O)OC(C)(C)C)C1)S(=O)(=O)c1cccs1. The number of carbonyl (C=O) groups excluding carboxylic acids is 1. The van der Waals surface area contributed by atoms with Crippen molar-refractivity contribution < 1.29 is 17.9 Å². The normalized spacial score (nSPS) is 19.9. The van der Waals surface area contributed by atoms with Crippen molar-refractivity contribution in [2.75, 3.05) is 20.1 Å². The van der Waals surface area contributed by atoms with E-state index >= 15 is 0 Å². The van der Waals surface area contributed by atoms with Crippen LogP contribution in [0.4, 0.5) is 4.79 Å². The van der Waals surface area contributed by atoms with Crippen LogP contribution in [0.5, 0.6) is 0 Å². The zero-order valence-electron chi connectivity index (χ0n) is 14.0. The third-order valence-electron chi connectivity index (χ3n) is 3.69. The van der Waals surface area contributed by atoms with E-state index in [4.69, 9.17) is 4.74 Å². The summed E-state index contributed by atoms with van der Waals surface area (Å²) in [6.45, 7) is 6.41. The Balaban J connectivity index is 2.08. The van der Waals surface area contributed by atoms with Gasteiger partial charge in [-0.3, -0.25) is 0 Å². The number of carbonyl (C=O) groups is 1. The summed E-state index contributed by atoms with van der Waals surface area (Å²) < 4.78 is 32.3. The molecule has 8 heteroatoms. The Labute approximate surface area is 142 Å². The molecule has 1 amide bonds. The fraction of sp³-hybridized carbons (Fsp3) is 0.667. The van der Waals surface area contributed by atoms with Gasteiger partial charge in [0.25, 0.3) is 10.0 Å². The quantitative estimate of drug-likeness (QED) is 0.831. The number of sulfonamides is 1. The largest absolute Gasteiger partial charge is 0.444 e. The standard InChI is InChI=1S/C15H24N2O4S2/c1-15(2,3)21-14(18)17-9-5-7-12(11-17)16(4)23(19,20)13-8-6-10-22-13/h6,8,10,12H,5,7,9,11H2,1-4H3/t12-/m1/s1. The van der Waals surface area contributed by atoms with Gasteiger partial charge in [-0.25, -0.2) is 13.2 Å². The van der Waals surface area contributed by atoms with E-state index in [1.165, 1.54) is 15.6 Å². The van der Waals surface area contributed by atoms with Crippen LogP contribution in [0.25, 0.3) is 0 Å². The Kier molecular flexibility index (Phi) is 5.37. The van der Waals surface area contributed by atoms with Crippen molar-refractivity contribution in [3.63, 3.8) is 0 Å². The van der Waals surface area contributed by atoms with E-state index in [1.807, 2.05) is 20.8 Å². The van der Waals surface area contributed by atoms with Crippen molar-refractivity contribution >= 4 is 27.5 Å². The molecule has 0 saturated carbocycles. The van der Waals surface area contributed by atoms with E-state index in [-0.39, 0.29) is 12.1 Å². The molecule has 0 N–H and O–H groups in total. The van der Waals surface area contributed by atoms with Crippen LogP contribution >= 0.6 is 11.3 Å². The summed E-state index contributed by atoms with van der Waals surface area (Å²) in [7, 11) is -1.92. The number of hydrogen-bond acceptors (Lipinski definition) is 5. The fourth-order valence-electron chi connectivity index (χ4n) is 2.49. The monoisotopic (exact) mass is 360 g/mol. The average Bonchev–Trinajstić information content (AvgIpc) is 2.99. The van der Waals surface area contributed by atoms with E-state index in [9.17, 15) is 13.2 Å². The van der Waals surface area contributed by atoms with Gasteiger partial charge >= 0.3 is 6.09 Å². The lowest BCUT2D eigenvalue weighted by Crippen LogP contribution is -2.51. The first kappa shape index (κ1) is 18.2. The maximum atomic E-state index is 12.6. The third kappa shape index (κ3) is 4.45. The summed E-state index contributed by atoms with van der Waals surface area (Å²) in [4.78, 5) is 13.8. The second-order valence-electron chi connectivity index (χ2n) is 6.68. The van der Waals surface area contributed by atoms with E-state index in [0.717, 1.165) is 12.8 Å². The van der Waals surface area contributed by atoms with Gasteiger partial charge in [-0.05, 0) is 45.1 Å². The molecule has 1 saturated heterocycles. The molecule has 1 aromatic heterocycles. The molecule has 6 nitrogen and oxygen atoms in total. The Bertz CT molecular complexity index is 635. The Morgan fingerprint density at radius 1 is 1.43 bits per heavy atom. The molecule has 0 aromatic carbocycles. The van der Waals surface area contributed by atoms with Gasteiger partial charge in [0, 0.05) is 26.2 Å². The van der Waals surface area contributed by atoms with Crippen LogP contribution in [0.1, 0.15) is 33.6 Å². The number of likely N-dealkylation sites (tertiary alicyclic amines) is 1. The minimum atomic E-state index is -3.51. The van der Waals surface area contributed by atoms with Gasteiger partial charge < -0.3 is 9.64 Å². The summed E-state index contributed by atoms with van der Waals surface area (Å²) in [5.74, 6) is 0. The van der Waals surface area contributed by atoms with Gasteiger partial charge in [0.2, 0.25) is 0 Å². The topological polar surface area (TPSA) is 66.9 Å². The summed E-state index contributed by atoms with van der Waals surface area (Å²) in [5, 5.41) is 1.74. The van der Waals surface area contributed by atoms with Crippen molar-refractivity contribution in [3.05, 3.63) is 17.5 Å². The van der Waals surface area contributed by atoms with Gasteiger partial charge in [-0.15, -0.1) is 11.3 Å². The highest BCUT2D eigenvalue weighted by molar-refractivity contribution is 7.91. The fourth-order valence-corrected chi connectivity index (χ4v) is 5.05. The van der Waals surface area contributed by atoms with Crippen LogP contribution in [0, 0.1) is 0 Å². The highest BCUT2D eigenvalue weighted by atomic mass is 32.2. The lowest BCUT2D eigenvalue weighted by Gasteiger charge is -2.37. The van der Waals surface area contributed by atoms with Gasteiger partial charge in [-0.2, -0.15) is 4.31 Å². The maximum Gasteiger partial charge on any atom is 0.410 e. The smallest absolute Gasteiger partial charge is 0.410 e. The molecule has 23 heavy (non-hydrogen) atoms. The Morgan fingerprint density at radius 3 is 2.70 bits per heavy atom. The zero-order valence-corrected chi connectivity index (χ0v) is 15.6. The lowest BCUT2D eigenvalue weighted by atomic mass is 10.1. The average molecular weight is 361 g/mol.